The number of halogens is 1. The minimum atomic E-state index is -0.322. The van der Waals surface area contributed by atoms with Crippen LogP contribution in [-0.2, 0) is 6.54 Å². The Bertz CT molecular complexity index is 1150. The first-order valence-corrected chi connectivity index (χ1v) is 10.7. The average molecular weight is 445 g/mol. The summed E-state index contributed by atoms with van der Waals surface area (Å²) in [4.78, 5) is 13.2. The van der Waals surface area contributed by atoms with Gasteiger partial charge in [0.1, 0.15) is 0 Å². The van der Waals surface area contributed by atoms with Gasteiger partial charge >= 0.3 is 0 Å². The van der Waals surface area contributed by atoms with Gasteiger partial charge in [0.05, 0.1) is 4.92 Å². The Kier molecular flexibility index (Phi) is 6.54. The predicted octanol–water partition coefficient (Wildman–Crippen LogP) is 6.60. The van der Waals surface area contributed by atoms with Crippen LogP contribution in [0.4, 0.5) is 5.69 Å². The molecule has 1 aliphatic carbocycles. The van der Waals surface area contributed by atoms with E-state index in [1.54, 1.807) is 18.2 Å². The smallest absolute Gasteiger partial charge is 0.269 e. The summed E-state index contributed by atoms with van der Waals surface area (Å²) in [6.07, 6.45) is 6.46. The van der Waals surface area contributed by atoms with Crippen LogP contribution in [0.2, 0.25) is 0 Å². The number of fused-ring (bicyclic) bond motifs is 2. The van der Waals surface area contributed by atoms with E-state index in [9.17, 15) is 10.1 Å². The van der Waals surface area contributed by atoms with Crippen LogP contribution in [0.1, 0.15) is 40.7 Å². The van der Waals surface area contributed by atoms with Gasteiger partial charge in [-0.2, -0.15) is 0 Å². The van der Waals surface area contributed by atoms with Gasteiger partial charge in [-0.25, -0.2) is 0 Å². The SMILES string of the molecule is Cl.O=[N+]([O-])c1cccc(CN2CCC(=C3c4ccccc4C=Cc4ccccc43)CC2)c1. The molecule has 0 amide bonds. The molecule has 2 aliphatic rings. The summed E-state index contributed by atoms with van der Waals surface area (Å²) in [5.74, 6) is 0. The maximum Gasteiger partial charge on any atom is 0.269 e. The number of nitro groups is 1. The minimum absolute atomic E-state index is 0. The van der Waals surface area contributed by atoms with E-state index in [4.69, 9.17) is 0 Å². The Labute approximate surface area is 194 Å². The van der Waals surface area contributed by atoms with Crippen LogP contribution in [0.25, 0.3) is 17.7 Å². The summed E-state index contributed by atoms with van der Waals surface area (Å²) in [7, 11) is 0. The normalized spacial score (nSPS) is 15.4. The van der Waals surface area contributed by atoms with Crippen molar-refractivity contribution in [3.05, 3.63) is 116 Å². The number of rotatable bonds is 3. The molecule has 0 spiro atoms. The highest BCUT2D eigenvalue weighted by molar-refractivity contribution is 5.94. The number of nitrogens with zero attached hydrogens (tertiary/aromatic N) is 2. The Morgan fingerprint density at radius 2 is 1.41 bits per heavy atom. The summed E-state index contributed by atoms with van der Waals surface area (Å²) in [5.41, 5.74) is 9.19. The molecule has 1 aliphatic heterocycles. The zero-order valence-corrected chi connectivity index (χ0v) is 18.6. The van der Waals surface area contributed by atoms with Gasteiger partial charge in [-0.15, -0.1) is 12.4 Å². The zero-order valence-electron chi connectivity index (χ0n) is 17.7. The van der Waals surface area contributed by atoms with Gasteiger partial charge in [-0.1, -0.05) is 78.4 Å². The molecular formula is C27H25ClN2O2. The van der Waals surface area contributed by atoms with Gasteiger partial charge in [0.25, 0.3) is 5.69 Å². The van der Waals surface area contributed by atoms with Crippen LogP contribution in [-0.4, -0.2) is 22.9 Å². The second-order valence-corrected chi connectivity index (χ2v) is 8.19. The number of hydrogen-bond donors (Lipinski definition) is 0. The van der Waals surface area contributed by atoms with E-state index in [1.807, 2.05) is 6.07 Å². The number of hydrogen-bond acceptors (Lipinski definition) is 3. The molecule has 5 rings (SSSR count). The van der Waals surface area contributed by atoms with Gasteiger partial charge in [0.2, 0.25) is 0 Å². The summed E-state index contributed by atoms with van der Waals surface area (Å²) >= 11 is 0. The first-order valence-electron chi connectivity index (χ1n) is 10.7. The van der Waals surface area contributed by atoms with Crippen LogP contribution in [0.3, 0.4) is 0 Å². The van der Waals surface area contributed by atoms with E-state index in [2.05, 4.69) is 65.6 Å². The lowest BCUT2D eigenvalue weighted by Crippen LogP contribution is -2.30. The van der Waals surface area contributed by atoms with E-state index in [-0.39, 0.29) is 23.0 Å². The Hall–Kier alpha value is -3.21. The zero-order chi connectivity index (χ0) is 21.2. The molecule has 162 valence electrons. The summed E-state index contributed by atoms with van der Waals surface area (Å²) < 4.78 is 0. The second-order valence-electron chi connectivity index (χ2n) is 8.19. The molecule has 5 heteroatoms. The number of piperidine rings is 1. The molecule has 0 saturated carbocycles. The van der Waals surface area contributed by atoms with Crippen LogP contribution in [0, 0.1) is 10.1 Å². The number of benzene rings is 3. The van der Waals surface area contributed by atoms with Crippen molar-refractivity contribution < 1.29 is 4.92 Å². The van der Waals surface area contributed by atoms with Crippen LogP contribution in [0.5, 0.6) is 0 Å². The summed E-state index contributed by atoms with van der Waals surface area (Å²) in [6, 6.07) is 24.3. The van der Waals surface area contributed by atoms with Crippen molar-refractivity contribution in [2.24, 2.45) is 0 Å². The molecule has 1 saturated heterocycles. The van der Waals surface area contributed by atoms with Crippen molar-refractivity contribution in [3.63, 3.8) is 0 Å². The average Bonchev–Trinajstić information content (AvgIpc) is 2.97. The maximum atomic E-state index is 11.1. The van der Waals surface area contributed by atoms with E-state index < -0.39 is 0 Å². The van der Waals surface area contributed by atoms with Crippen LogP contribution < -0.4 is 0 Å². The molecule has 3 aromatic rings. The second kappa shape index (κ2) is 9.51. The summed E-state index contributed by atoms with van der Waals surface area (Å²) in [6.45, 7) is 2.66. The molecule has 0 unspecified atom stereocenters. The fourth-order valence-corrected chi connectivity index (χ4v) is 4.70. The Balaban J connectivity index is 0.00000245. The Morgan fingerprint density at radius 1 is 0.812 bits per heavy atom. The van der Waals surface area contributed by atoms with Crippen LogP contribution in [0.15, 0.2) is 78.4 Å². The fraction of sp³-hybridized carbons (Fsp3) is 0.185. The first kappa shape index (κ1) is 22.0. The maximum absolute atomic E-state index is 11.1. The monoisotopic (exact) mass is 444 g/mol. The van der Waals surface area contributed by atoms with E-state index >= 15 is 0 Å². The molecule has 4 nitrogen and oxygen atoms in total. The van der Waals surface area contributed by atoms with Crippen molar-refractivity contribution in [2.45, 2.75) is 19.4 Å². The molecule has 0 radical (unpaired) electrons. The molecule has 1 heterocycles. The van der Waals surface area contributed by atoms with Crippen molar-refractivity contribution in [3.8, 4) is 0 Å². The number of non-ortho nitro benzene ring substituents is 1. The van der Waals surface area contributed by atoms with Crippen molar-refractivity contribution in [2.75, 3.05) is 13.1 Å². The fourth-order valence-electron chi connectivity index (χ4n) is 4.70. The molecule has 0 N–H and O–H groups in total. The highest BCUT2D eigenvalue weighted by atomic mass is 35.5. The van der Waals surface area contributed by atoms with Crippen molar-refractivity contribution in [1.29, 1.82) is 0 Å². The molecule has 0 bridgehead atoms. The van der Waals surface area contributed by atoms with Gasteiger partial charge in [-0.05, 0) is 46.2 Å². The van der Waals surface area contributed by atoms with Crippen LogP contribution >= 0.6 is 12.4 Å². The molecule has 0 aromatic heterocycles. The highest BCUT2D eigenvalue weighted by Gasteiger charge is 2.22. The quantitative estimate of drug-likeness (QED) is 0.264. The van der Waals surface area contributed by atoms with Crippen molar-refractivity contribution in [1.82, 2.24) is 4.90 Å². The van der Waals surface area contributed by atoms with Gasteiger partial charge in [0, 0.05) is 31.8 Å². The third-order valence-corrected chi connectivity index (χ3v) is 6.24. The molecular weight excluding hydrogens is 420 g/mol. The lowest BCUT2D eigenvalue weighted by Gasteiger charge is -2.30. The topological polar surface area (TPSA) is 46.4 Å². The lowest BCUT2D eigenvalue weighted by atomic mass is 9.86. The van der Waals surface area contributed by atoms with Gasteiger partial charge < -0.3 is 0 Å². The molecule has 3 aromatic carbocycles. The largest absolute Gasteiger partial charge is 0.298 e. The van der Waals surface area contributed by atoms with Gasteiger partial charge in [-0.3, -0.25) is 15.0 Å². The standard InChI is InChI=1S/C27H24N2O2.ClH/c30-29(31)24-9-5-6-20(18-24)19-28-16-14-23(15-17-28)27-25-10-3-1-7-21(25)12-13-22-8-2-4-11-26(22)27;/h1-13,18H,14-17,19H2;1H. The van der Waals surface area contributed by atoms with E-state index in [1.165, 1.54) is 33.4 Å². The Morgan fingerprint density at radius 3 is 2.00 bits per heavy atom. The highest BCUT2D eigenvalue weighted by Crippen LogP contribution is 2.38. The van der Waals surface area contributed by atoms with Crippen molar-refractivity contribution >= 4 is 35.8 Å². The molecule has 0 atom stereocenters. The third kappa shape index (κ3) is 4.38. The molecule has 32 heavy (non-hydrogen) atoms. The number of nitro benzene ring substituents is 1. The first-order chi connectivity index (χ1) is 15.2. The van der Waals surface area contributed by atoms with E-state index in [0.29, 0.717) is 0 Å². The van der Waals surface area contributed by atoms with Gasteiger partial charge in [0.15, 0.2) is 0 Å². The predicted molar refractivity (Wildman–Crippen MR) is 133 cm³/mol. The molecule has 1 fully saturated rings. The third-order valence-electron chi connectivity index (χ3n) is 6.24. The number of likely N-dealkylation sites (tertiary alicyclic amines) is 1. The minimum Gasteiger partial charge on any atom is -0.298 e. The lowest BCUT2D eigenvalue weighted by molar-refractivity contribution is -0.384. The summed E-state index contributed by atoms with van der Waals surface area (Å²) in [5, 5.41) is 11.1. The van der Waals surface area contributed by atoms with E-state index in [0.717, 1.165) is 38.0 Å².